The van der Waals surface area contributed by atoms with Gasteiger partial charge in [0, 0.05) is 17.3 Å². The molecular weight excluding hydrogens is 424 g/mol. The molecule has 1 aliphatic heterocycles. The fourth-order valence-electron chi connectivity index (χ4n) is 9.94. The van der Waals surface area contributed by atoms with Crippen LogP contribution in [0.2, 0.25) is 0 Å². The first-order valence-corrected chi connectivity index (χ1v) is 13.9. The number of ether oxygens (including phenoxy) is 1. The monoisotopic (exact) mass is 472 g/mol. The molecule has 0 aromatic carbocycles. The highest BCUT2D eigenvalue weighted by Gasteiger charge is 2.67. The molecule has 192 valence electrons. The van der Waals surface area contributed by atoms with Crippen LogP contribution in [0.5, 0.6) is 0 Å². The number of aliphatic hydroxyl groups is 2. The fourth-order valence-corrected chi connectivity index (χ4v) is 9.94. The standard InChI is InChI=1S/C30H48O4/c1-17(15-21(31)25-27(4,5)34-25)18-11-13-29(7)19-9-10-22-26(2,3)23(32)16-24(33)30(22,8)20(19)12-14-28(18,29)6/h9,17-18,20-22,24-25,31,33H,10-16H2,1-8H3/t17-,18-,20-,21+,22+,24+,25-,28-,29+,30+/m0/s1. The van der Waals surface area contributed by atoms with Crippen molar-refractivity contribution in [1.29, 1.82) is 0 Å². The summed E-state index contributed by atoms with van der Waals surface area (Å²) in [7, 11) is 0. The number of ketones is 1. The first-order chi connectivity index (χ1) is 15.6. The average Bonchev–Trinajstić information content (AvgIpc) is 3.28. The van der Waals surface area contributed by atoms with Crippen molar-refractivity contribution in [2.75, 3.05) is 0 Å². The molecule has 5 aliphatic rings. The molecule has 5 rings (SSSR count). The summed E-state index contributed by atoms with van der Waals surface area (Å²) in [5.41, 5.74) is 1.10. The number of rotatable bonds is 4. The molecular formula is C30H48O4. The SMILES string of the molecule is C[C@@H](C[C@@H](O)[C@@H]1OC1(C)C)[C@@H]1CC[C@]2(C)C3=CC[C@@H]4C(C)(C)C(=O)C[C@@H](O)[C@]4(C)[C@H]3CC[C@@]12C. The van der Waals surface area contributed by atoms with Gasteiger partial charge in [-0.3, -0.25) is 4.79 Å². The van der Waals surface area contributed by atoms with Gasteiger partial charge in [-0.25, -0.2) is 0 Å². The Balaban J connectivity index is 1.43. The lowest BCUT2D eigenvalue weighted by molar-refractivity contribution is -0.168. The van der Waals surface area contributed by atoms with Gasteiger partial charge in [0.05, 0.1) is 17.8 Å². The molecule has 10 atom stereocenters. The van der Waals surface area contributed by atoms with Gasteiger partial charge in [0.15, 0.2) is 0 Å². The van der Waals surface area contributed by atoms with Crippen LogP contribution in [0.4, 0.5) is 0 Å². The minimum atomic E-state index is -0.548. The zero-order valence-electron chi connectivity index (χ0n) is 22.8. The van der Waals surface area contributed by atoms with Crippen LogP contribution in [-0.2, 0) is 9.53 Å². The van der Waals surface area contributed by atoms with Gasteiger partial charge < -0.3 is 14.9 Å². The van der Waals surface area contributed by atoms with Gasteiger partial charge in [-0.15, -0.1) is 0 Å². The summed E-state index contributed by atoms with van der Waals surface area (Å²) >= 11 is 0. The largest absolute Gasteiger partial charge is 0.392 e. The third-order valence-corrected chi connectivity index (χ3v) is 12.5. The minimum absolute atomic E-state index is 0.0249. The molecule has 4 aliphatic carbocycles. The van der Waals surface area contributed by atoms with Crippen LogP contribution >= 0.6 is 0 Å². The van der Waals surface area contributed by atoms with E-state index >= 15 is 0 Å². The maximum absolute atomic E-state index is 12.9. The van der Waals surface area contributed by atoms with E-state index in [-0.39, 0.29) is 51.2 Å². The third-order valence-electron chi connectivity index (χ3n) is 12.5. The van der Waals surface area contributed by atoms with Gasteiger partial charge in [-0.2, -0.15) is 0 Å². The van der Waals surface area contributed by atoms with Crippen LogP contribution in [0.1, 0.15) is 100 Å². The zero-order chi connectivity index (χ0) is 25.1. The topological polar surface area (TPSA) is 70.1 Å². The summed E-state index contributed by atoms with van der Waals surface area (Å²) in [5, 5.41) is 22.2. The first-order valence-electron chi connectivity index (χ1n) is 13.9. The molecule has 0 aromatic heterocycles. The van der Waals surface area contributed by atoms with Crippen molar-refractivity contribution < 1.29 is 19.7 Å². The summed E-state index contributed by atoms with van der Waals surface area (Å²) in [6.45, 7) is 18.0. The van der Waals surface area contributed by atoms with E-state index < -0.39 is 6.10 Å². The zero-order valence-corrected chi connectivity index (χ0v) is 22.8. The number of allylic oxidation sites excluding steroid dienone is 2. The molecule has 2 N–H and O–H groups in total. The van der Waals surface area contributed by atoms with E-state index in [0.29, 0.717) is 24.2 Å². The maximum atomic E-state index is 12.9. The van der Waals surface area contributed by atoms with Crippen LogP contribution in [0.3, 0.4) is 0 Å². The Morgan fingerprint density at radius 2 is 1.74 bits per heavy atom. The van der Waals surface area contributed by atoms with Crippen LogP contribution < -0.4 is 0 Å². The van der Waals surface area contributed by atoms with Crippen molar-refractivity contribution in [3.05, 3.63) is 11.6 Å². The van der Waals surface area contributed by atoms with E-state index in [2.05, 4.69) is 61.5 Å². The Morgan fingerprint density at radius 3 is 2.35 bits per heavy atom. The van der Waals surface area contributed by atoms with E-state index in [1.807, 2.05) is 0 Å². The third kappa shape index (κ3) is 3.10. The predicted octanol–water partition coefficient (Wildman–Crippen LogP) is 5.70. The Hall–Kier alpha value is -0.710. The highest BCUT2D eigenvalue weighted by molar-refractivity contribution is 5.86. The van der Waals surface area contributed by atoms with Crippen molar-refractivity contribution in [2.24, 2.45) is 45.3 Å². The summed E-state index contributed by atoms with van der Waals surface area (Å²) in [6, 6.07) is 0. The number of hydrogen-bond donors (Lipinski definition) is 2. The molecule has 4 nitrogen and oxygen atoms in total. The first kappa shape index (κ1) is 25.0. The summed E-state index contributed by atoms with van der Waals surface area (Å²) < 4.78 is 5.74. The van der Waals surface area contributed by atoms with Gasteiger partial charge in [-0.05, 0) is 86.9 Å². The second-order valence-corrected chi connectivity index (χ2v) is 14.6. The summed E-state index contributed by atoms with van der Waals surface area (Å²) in [6.07, 6.45) is 8.19. The number of carbonyl (C=O) groups excluding carboxylic acids is 1. The van der Waals surface area contributed by atoms with E-state index in [1.165, 1.54) is 12.8 Å². The number of fused-ring (bicyclic) bond motifs is 5. The molecule has 4 fully saturated rings. The molecule has 4 heteroatoms. The molecule has 34 heavy (non-hydrogen) atoms. The number of carbonyl (C=O) groups is 1. The van der Waals surface area contributed by atoms with Crippen LogP contribution in [-0.4, -0.2) is 39.9 Å². The Labute approximate surface area is 206 Å². The van der Waals surface area contributed by atoms with E-state index in [1.54, 1.807) is 5.57 Å². The number of epoxide rings is 1. The molecule has 1 heterocycles. The van der Waals surface area contributed by atoms with Gasteiger partial charge in [0.2, 0.25) is 0 Å². The number of hydrogen-bond acceptors (Lipinski definition) is 4. The van der Waals surface area contributed by atoms with E-state index in [0.717, 1.165) is 25.7 Å². The van der Waals surface area contributed by atoms with Gasteiger partial charge >= 0.3 is 0 Å². The molecule has 1 saturated heterocycles. The summed E-state index contributed by atoms with van der Waals surface area (Å²) in [4.78, 5) is 12.9. The molecule has 3 saturated carbocycles. The smallest absolute Gasteiger partial charge is 0.141 e. The molecule has 0 bridgehead atoms. The predicted molar refractivity (Wildman–Crippen MR) is 134 cm³/mol. The summed E-state index contributed by atoms with van der Waals surface area (Å²) in [5.74, 6) is 1.80. The molecule has 0 radical (unpaired) electrons. The lowest BCUT2D eigenvalue weighted by atomic mass is 9.40. The highest BCUT2D eigenvalue weighted by atomic mass is 16.6. The second-order valence-electron chi connectivity index (χ2n) is 14.6. The molecule has 0 spiro atoms. The van der Waals surface area contributed by atoms with Gasteiger partial charge in [0.1, 0.15) is 11.9 Å². The minimum Gasteiger partial charge on any atom is -0.392 e. The number of Topliss-reactive ketones (excluding diaryl/α,β-unsaturated/α-hetero) is 1. The average molecular weight is 473 g/mol. The van der Waals surface area contributed by atoms with Crippen molar-refractivity contribution in [3.63, 3.8) is 0 Å². The lowest BCUT2D eigenvalue weighted by Gasteiger charge is -2.64. The van der Waals surface area contributed by atoms with E-state index in [9.17, 15) is 15.0 Å². The van der Waals surface area contributed by atoms with Crippen molar-refractivity contribution in [1.82, 2.24) is 0 Å². The lowest BCUT2D eigenvalue weighted by Crippen LogP contribution is -2.62. The van der Waals surface area contributed by atoms with Crippen molar-refractivity contribution >= 4 is 5.78 Å². The Kier molecular flexibility index (Phi) is 5.44. The second kappa shape index (κ2) is 7.42. The van der Waals surface area contributed by atoms with Crippen LogP contribution in [0.15, 0.2) is 11.6 Å². The number of aliphatic hydroxyl groups excluding tert-OH is 2. The molecule has 0 unspecified atom stereocenters. The van der Waals surface area contributed by atoms with Gasteiger partial charge in [-0.1, -0.05) is 53.2 Å². The van der Waals surface area contributed by atoms with Crippen LogP contribution in [0.25, 0.3) is 0 Å². The quantitative estimate of drug-likeness (QED) is 0.407. The Morgan fingerprint density at radius 1 is 1.09 bits per heavy atom. The maximum Gasteiger partial charge on any atom is 0.141 e. The fraction of sp³-hybridized carbons (Fsp3) is 0.900. The van der Waals surface area contributed by atoms with Crippen molar-refractivity contribution in [2.45, 2.75) is 124 Å². The van der Waals surface area contributed by atoms with E-state index in [4.69, 9.17) is 4.74 Å². The van der Waals surface area contributed by atoms with Crippen molar-refractivity contribution in [3.8, 4) is 0 Å². The Bertz CT molecular complexity index is 903. The molecule has 0 aromatic rings. The highest BCUT2D eigenvalue weighted by Crippen LogP contribution is 2.73. The van der Waals surface area contributed by atoms with Gasteiger partial charge in [0.25, 0.3) is 0 Å². The van der Waals surface area contributed by atoms with Crippen LogP contribution in [0, 0.1) is 45.3 Å². The normalized spacial score (nSPS) is 50.5. The molecule has 0 amide bonds.